The Morgan fingerprint density at radius 3 is 2.96 bits per heavy atom. The van der Waals surface area contributed by atoms with Gasteiger partial charge in [0.25, 0.3) is 0 Å². The first-order valence-electron chi connectivity index (χ1n) is 8.27. The average Bonchev–Trinajstić information content (AvgIpc) is 3.07. The molecule has 3 N–H and O–H groups in total. The molecule has 3 rings (SSSR count). The van der Waals surface area contributed by atoms with Crippen LogP contribution in [0.4, 0.5) is 9.39 Å². The normalized spacial score (nSPS) is 17.4. The molecule has 0 saturated carbocycles. The first-order chi connectivity index (χ1) is 13.5. The highest BCUT2D eigenvalue weighted by Gasteiger charge is 2.29. The zero-order chi connectivity index (χ0) is 20.3. The fourth-order valence-corrected chi connectivity index (χ4v) is 4.71. The molecule has 10 heteroatoms. The van der Waals surface area contributed by atoms with Gasteiger partial charge in [0, 0.05) is 34.3 Å². The Labute approximate surface area is 175 Å². The minimum absolute atomic E-state index is 0.0964. The zero-order valence-electron chi connectivity index (χ0n) is 14.6. The van der Waals surface area contributed by atoms with Crippen LogP contribution in [-0.4, -0.2) is 44.6 Å². The van der Waals surface area contributed by atoms with Gasteiger partial charge in [0.05, 0.1) is 17.0 Å². The number of alkyl halides is 1. The second kappa shape index (κ2) is 8.88. The highest BCUT2D eigenvalue weighted by Crippen LogP contribution is 2.44. The van der Waals surface area contributed by atoms with Crippen molar-refractivity contribution in [3.05, 3.63) is 38.7 Å². The minimum Gasteiger partial charge on any atom is -0.382 e. The number of morpholine rings is 1. The van der Waals surface area contributed by atoms with Gasteiger partial charge in [0.15, 0.2) is 0 Å². The third kappa shape index (κ3) is 3.98. The summed E-state index contributed by atoms with van der Waals surface area (Å²) in [6.45, 7) is 0.582. The summed E-state index contributed by atoms with van der Waals surface area (Å²) in [5, 5.41) is 18.6. The Morgan fingerprint density at radius 2 is 2.32 bits per heavy atom. The molecule has 1 atom stereocenters. The van der Waals surface area contributed by atoms with Crippen molar-refractivity contribution in [1.29, 1.82) is 10.7 Å². The summed E-state index contributed by atoms with van der Waals surface area (Å²) in [6.07, 6.45) is 0.281. The van der Waals surface area contributed by atoms with Crippen molar-refractivity contribution in [1.82, 2.24) is 0 Å². The number of amidine groups is 1. The molecule has 0 radical (unpaired) electrons. The predicted octanol–water partition coefficient (Wildman–Crippen LogP) is 4.08. The maximum absolute atomic E-state index is 13.1. The number of aliphatic imine (C=N–C) groups is 1. The van der Waals surface area contributed by atoms with E-state index in [2.05, 4.69) is 11.1 Å². The van der Waals surface area contributed by atoms with Gasteiger partial charge in [0.1, 0.15) is 36.0 Å². The fourth-order valence-electron chi connectivity index (χ4n) is 3.00. The Balaban J connectivity index is 2.22. The summed E-state index contributed by atoms with van der Waals surface area (Å²) in [5.41, 5.74) is 7.54. The number of halogens is 3. The van der Waals surface area contributed by atoms with Crippen LogP contribution in [0.2, 0.25) is 10.0 Å². The molecule has 146 valence electrons. The van der Waals surface area contributed by atoms with Crippen LogP contribution in [0.1, 0.15) is 10.4 Å². The topological polar surface area (TPSA) is 98.5 Å². The summed E-state index contributed by atoms with van der Waals surface area (Å²) in [4.78, 5) is 6.28. The quantitative estimate of drug-likeness (QED) is 0.541. The van der Waals surface area contributed by atoms with Crippen LogP contribution in [0.3, 0.4) is 0 Å². The van der Waals surface area contributed by atoms with E-state index in [1.54, 1.807) is 18.2 Å². The Hall–Kier alpha value is -2.18. The number of nitrogens with one attached hydrogen (secondary N) is 1. The maximum Gasteiger partial charge on any atom is 0.143 e. The maximum atomic E-state index is 13.1. The van der Waals surface area contributed by atoms with Crippen LogP contribution in [0.15, 0.2) is 23.2 Å². The van der Waals surface area contributed by atoms with E-state index < -0.39 is 12.8 Å². The minimum atomic E-state index is -0.607. The van der Waals surface area contributed by atoms with Crippen LogP contribution >= 0.6 is 34.5 Å². The van der Waals surface area contributed by atoms with Crippen molar-refractivity contribution in [2.75, 3.05) is 31.3 Å². The summed E-state index contributed by atoms with van der Waals surface area (Å²) < 4.78 is 18.5. The molecule has 2 heterocycles. The SMILES string of the molecule is N#Cc1c(N2CCO[C@H](CF)C2)sc(C(N)=NC=N)c1-c1ccc(Cl)cc1Cl. The molecular formula is C18H16Cl2FN5OS. The Kier molecular flexibility index (Phi) is 6.52. The number of benzene rings is 1. The van der Waals surface area contributed by atoms with Gasteiger partial charge in [-0.25, -0.2) is 9.38 Å². The van der Waals surface area contributed by atoms with Gasteiger partial charge in [0.2, 0.25) is 0 Å². The third-order valence-electron chi connectivity index (χ3n) is 4.24. The number of ether oxygens (including phenoxy) is 1. The van der Waals surface area contributed by atoms with E-state index in [1.165, 1.54) is 11.3 Å². The molecular weight excluding hydrogens is 424 g/mol. The molecule has 1 aromatic carbocycles. The lowest BCUT2D eigenvalue weighted by molar-refractivity contribution is 0.0249. The van der Waals surface area contributed by atoms with Gasteiger partial charge in [-0.05, 0) is 12.1 Å². The summed E-state index contributed by atoms with van der Waals surface area (Å²) in [6, 6.07) is 7.19. The summed E-state index contributed by atoms with van der Waals surface area (Å²) >= 11 is 13.7. The van der Waals surface area contributed by atoms with Gasteiger partial charge in [-0.3, -0.25) is 5.41 Å². The van der Waals surface area contributed by atoms with Crippen molar-refractivity contribution >= 4 is 51.7 Å². The molecule has 28 heavy (non-hydrogen) atoms. The number of nitriles is 1. The molecule has 0 bridgehead atoms. The van der Waals surface area contributed by atoms with Crippen molar-refractivity contribution in [3.8, 4) is 17.2 Å². The van der Waals surface area contributed by atoms with Crippen LogP contribution in [0, 0.1) is 16.7 Å². The molecule has 0 unspecified atom stereocenters. The van der Waals surface area contributed by atoms with E-state index >= 15 is 0 Å². The molecule has 1 fully saturated rings. The Morgan fingerprint density at radius 1 is 1.54 bits per heavy atom. The number of nitrogens with zero attached hydrogens (tertiary/aromatic N) is 3. The van der Waals surface area contributed by atoms with Gasteiger partial charge in [-0.1, -0.05) is 29.3 Å². The third-order valence-corrected chi connectivity index (χ3v) is 6.06. The molecule has 1 aromatic heterocycles. The molecule has 2 aromatic rings. The van der Waals surface area contributed by atoms with E-state index in [0.29, 0.717) is 56.3 Å². The first kappa shape index (κ1) is 20.6. The van der Waals surface area contributed by atoms with Crippen molar-refractivity contribution < 1.29 is 9.13 Å². The monoisotopic (exact) mass is 439 g/mol. The fraction of sp³-hybridized carbons (Fsp3) is 0.278. The summed E-state index contributed by atoms with van der Waals surface area (Å²) in [7, 11) is 0. The first-order valence-corrected chi connectivity index (χ1v) is 9.84. The molecule has 0 aliphatic carbocycles. The van der Waals surface area contributed by atoms with Crippen LogP contribution in [-0.2, 0) is 4.74 Å². The van der Waals surface area contributed by atoms with Crippen molar-refractivity contribution in [3.63, 3.8) is 0 Å². The highest BCUT2D eigenvalue weighted by molar-refractivity contribution is 7.19. The lowest BCUT2D eigenvalue weighted by Crippen LogP contribution is -2.43. The molecule has 1 aliphatic rings. The molecule has 6 nitrogen and oxygen atoms in total. The summed E-state index contributed by atoms with van der Waals surface area (Å²) in [5.74, 6) is 0.0964. The molecule has 0 spiro atoms. The number of hydrogen-bond acceptors (Lipinski definition) is 5. The van der Waals surface area contributed by atoms with Crippen LogP contribution in [0.5, 0.6) is 0 Å². The number of hydrogen-bond donors (Lipinski definition) is 2. The molecule has 1 saturated heterocycles. The average molecular weight is 440 g/mol. The zero-order valence-corrected chi connectivity index (χ0v) is 16.9. The molecule has 1 aliphatic heterocycles. The Bertz CT molecular complexity index is 972. The van der Waals surface area contributed by atoms with Crippen LogP contribution in [0.25, 0.3) is 11.1 Å². The second-order valence-corrected chi connectivity index (χ2v) is 7.80. The van der Waals surface area contributed by atoms with Gasteiger partial charge < -0.3 is 15.4 Å². The number of nitrogens with two attached hydrogens (primary N) is 1. The number of anilines is 1. The highest BCUT2D eigenvalue weighted by atomic mass is 35.5. The smallest absolute Gasteiger partial charge is 0.143 e. The van der Waals surface area contributed by atoms with E-state index in [0.717, 1.165) is 6.34 Å². The van der Waals surface area contributed by atoms with E-state index in [4.69, 9.17) is 39.1 Å². The number of thiophene rings is 1. The van der Waals surface area contributed by atoms with Gasteiger partial charge >= 0.3 is 0 Å². The lowest BCUT2D eigenvalue weighted by atomic mass is 10.0. The lowest BCUT2D eigenvalue weighted by Gasteiger charge is -2.32. The van der Waals surface area contributed by atoms with E-state index in [-0.39, 0.29) is 5.84 Å². The second-order valence-electron chi connectivity index (χ2n) is 5.96. The van der Waals surface area contributed by atoms with Crippen molar-refractivity contribution in [2.24, 2.45) is 10.7 Å². The van der Waals surface area contributed by atoms with Gasteiger partial charge in [-0.15, -0.1) is 11.3 Å². The van der Waals surface area contributed by atoms with E-state index in [1.807, 2.05) is 4.90 Å². The largest absolute Gasteiger partial charge is 0.382 e. The van der Waals surface area contributed by atoms with Crippen molar-refractivity contribution in [2.45, 2.75) is 6.10 Å². The standard InChI is InChI=1S/C18H16Cl2FN5OS/c19-10-1-2-12(14(20)5-10)15-13(7-22)18(28-16(15)17(24)25-9-23)26-3-4-27-11(6-21)8-26/h1-2,5,9,11H,3-4,6,8H2,(H3,23,24,25)/t11-/m1/s1. The number of rotatable bonds is 5. The van der Waals surface area contributed by atoms with Gasteiger partial charge in [-0.2, -0.15) is 5.26 Å². The predicted molar refractivity (Wildman–Crippen MR) is 112 cm³/mol. The van der Waals surface area contributed by atoms with E-state index in [9.17, 15) is 9.65 Å². The van der Waals surface area contributed by atoms with Crippen LogP contribution < -0.4 is 10.6 Å². The molecule has 0 amide bonds.